The smallest absolute Gasteiger partial charge is 0.234 e. The number of amides is 1. The molecule has 24 heavy (non-hydrogen) atoms. The number of nitrogens with one attached hydrogen (secondary N) is 1. The molecule has 0 fully saturated rings. The Morgan fingerprint density at radius 1 is 1.50 bits per heavy atom. The summed E-state index contributed by atoms with van der Waals surface area (Å²) < 4.78 is 1.38. The van der Waals surface area contributed by atoms with Gasteiger partial charge in [-0.3, -0.25) is 4.79 Å². The number of nitriles is 1. The normalized spacial score (nSPS) is 14.8. The van der Waals surface area contributed by atoms with Gasteiger partial charge in [0.2, 0.25) is 11.1 Å². The molecule has 2 unspecified atom stereocenters. The summed E-state index contributed by atoms with van der Waals surface area (Å²) >= 11 is 2.72. The summed E-state index contributed by atoms with van der Waals surface area (Å²) in [4.78, 5) is 13.3. The number of hydrogen-bond acceptors (Lipinski definition) is 7. The maximum Gasteiger partial charge on any atom is 0.234 e. The van der Waals surface area contributed by atoms with Crippen molar-refractivity contribution in [2.75, 3.05) is 5.84 Å². The highest BCUT2D eigenvalue weighted by atomic mass is 32.2. The fraction of sp³-hybridized carbons (Fsp3) is 0.467. The van der Waals surface area contributed by atoms with Crippen molar-refractivity contribution in [2.45, 2.75) is 43.6 Å². The Morgan fingerprint density at radius 3 is 2.75 bits per heavy atom. The Labute approximate surface area is 149 Å². The SMILES string of the molecule is CC(Sc1nnc(-c2cccs2)n1N)C(=O)NC(C)(C#N)C(C)C. The molecule has 0 saturated heterocycles. The van der Waals surface area contributed by atoms with E-state index in [-0.39, 0.29) is 11.8 Å². The summed E-state index contributed by atoms with van der Waals surface area (Å²) in [5.74, 6) is 6.35. The summed E-state index contributed by atoms with van der Waals surface area (Å²) in [6, 6.07) is 5.98. The Balaban J connectivity index is 2.09. The summed E-state index contributed by atoms with van der Waals surface area (Å²) in [6.45, 7) is 7.25. The van der Waals surface area contributed by atoms with E-state index in [2.05, 4.69) is 21.6 Å². The summed E-state index contributed by atoms with van der Waals surface area (Å²) in [6.07, 6.45) is 0. The molecule has 0 aromatic carbocycles. The fourth-order valence-electron chi connectivity index (χ4n) is 1.80. The van der Waals surface area contributed by atoms with Crippen molar-refractivity contribution >= 4 is 29.0 Å². The number of nitrogen functional groups attached to an aromatic ring is 1. The van der Waals surface area contributed by atoms with E-state index in [0.717, 1.165) is 4.88 Å². The summed E-state index contributed by atoms with van der Waals surface area (Å²) in [5.41, 5.74) is -0.912. The minimum absolute atomic E-state index is 0.00718. The minimum atomic E-state index is -0.912. The lowest BCUT2D eigenvalue weighted by Crippen LogP contribution is -2.51. The number of thiophene rings is 1. The molecular weight excluding hydrogens is 344 g/mol. The Kier molecular flexibility index (Phi) is 5.51. The van der Waals surface area contributed by atoms with Crippen LogP contribution in [0.25, 0.3) is 10.7 Å². The van der Waals surface area contributed by atoms with Crippen LogP contribution >= 0.6 is 23.1 Å². The highest BCUT2D eigenvalue weighted by molar-refractivity contribution is 8.00. The van der Waals surface area contributed by atoms with Gasteiger partial charge in [-0.05, 0) is 31.2 Å². The van der Waals surface area contributed by atoms with Gasteiger partial charge in [-0.2, -0.15) is 5.26 Å². The number of carbonyl (C=O) groups excluding carboxylic acids is 1. The molecule has 7 nitrogen and oxygen atoms in total. The number of nitrogens with two attached hydrogens (primary N) is 1. The average Bonchev–Trinajstić information content (AvgIpc) is 3.17. The van der Waals surface area contributed by atoms with Crippen molar-refractivity contribution in [1.82, 2.24) is 20.2 Å². The molecule has 128 valence electrons. The van der Waals surface area contributed by atoms with E-state index >= 15 is 0 Å². The van der Waals surface area contributed by atoms with Crippen LogP contribution < -0.4 is 11.2 Å². The van der Waals surface area contributed by atoms with E-state index in [4.69, 9.17) is 5.84 Å². The third-order valence-corrected chi connectivity index (χ3v) is 5.75. The second kappa shape index (κ2) is 7.23. The standard InChI is InChI=1S/C15H20N6OS2/c1-9(2)15(4,8-16)18-13(22)10(3)24-14-20-19-12(21(14)17)11-6-5-7-23-11/h5-7,9-10H,17H2,1-4H3,(H,18,22). The lowest BCUT2D eigenvalue weighted by atomic mass is 9.90. The molecule has 0 aliphatic heterocycles. The predicted octanol–water partition coefficient (Wildman–Crippen LogP) is 2.26. The van der Waals surface area contributed by atoms with Crippen LogP contribution in [0, 0.1) is 17.2 Å². The van der Waals surface area contributed by atoms with Gasteiger partial charge in [-0.15, -0.1) is 21.5 Å². The molecule has 9 heteroatoms. The van der Waals surface area contributed by atoms with Gasteiger partial charge in [0.05, 0.1) is 16.2 Å². The molecule has 2 heterocycles. The molecule has 0 aliphatic carbocycles. The van der Waals surface area contributed by atoms with E-state index in [1.54, 1.807) is 13.8 Å². The van der Waals surface area contributed by atoms with Gasteiger partial charge >= 0.3 is 0 Å². The zero-order valence-electron chi connectivity index (χ0n) is 14.0. The lowest BCUT2D eigenvalue weighted by molar-refractivity contribution is -0.121. The van der Waals surface area contributed by atoms with Gasteiger partial charge in [0, 0.05) is 0 Å². The van der Waals surface area contributed by atoms with Gasteiger partial charge in [-0.25, -0.2) is 4.68 Å². The van der Waals surface area contributed by atoms with E-state index in [1.807, 2.05) is 31.4 Å². The van der Waals surface area contributed by atoms with Crippen LogP contribution in [0.2, 0.25) is 0 Å². The van der Waals surface area contributed by atoms with Crippen molar-refractivity contribution in [3.05, 3.63) is 17.5 Å². The molecule has 3 N–H and O–H groups in total. The van der Waals surface area contributed by atoms with Crippen molar-refractivity contribution in [3.63, 3.8) is 0 Å². The monoisotopic (exact) mass is 364 g/mol. The van der Waals surface area contributed by atoms with Crippen LogP contribution in [-0.4, -0.2) is 31.6 Å². The first kappa shape index (κ1) is 18.3. The molecule has 0 radical (unpaired) electrons. The van der Waals surface area contributed by atoms with Crippen LogP contribution in [-0.2, 0) is 4.79 Å². The van der Waals surface area contributed by atoms with Crippen LogP contribution in [0.3, 0.4) is 0 Å². The zero-order valence-corrected chi connectivity index (χ0v) is 15.6. The van der Waals surface area contributed by atoms with E-state index in [9.17, 15) is 10.1 Å². The molecule has 0 bridgehead atoms. The highest BCUT2D eigenvalue weighted by Crippen LogP contribution is 2.27. The van der Waals surface area contributed by atoms with E-state index < -0.39 is 10.8 Å². The van der Waals surface area contributed by atoms with Crippen LogP contribution in [0.5, 0.6) is 0 Å². The number of hydrogen-bond donors (Lipinski definition) is 2. The number of aromatic nitrogens is 3. The topological polar surface area (TPSA) is 110 Å². The van der Waals surface area contributed by atoms with Gasteiger partial charge in [0.15, 0.2) is 5.82 Å². The predicted molar refractivity (Wildman–Crippen MR) is 95.8 cm³/mol. The van der Waals surface area contributed by atoms with E-state index in [0.29, 0.717) is 11.0 Å². The molecule has 2 rings (SSSR count). The molecule has 2 aromatic heterocycles. The molecule has 0 aliphatic rings. The average molecular weight is 365 g/mol. The first-order valence-electron chi connectivity index (χ1n) is 7.42. The third kappa shape index (κ3) is 3.71. The van der Waals surface area contributed by atoms with E-state index in [1.165, 1.54) is 27.8 Å². The quantitative estimate of drug-likeness (QED) is 0.601. The van der Waals surface area contributed by atoms with Crippen molar-refractivity contribution in [1.29, 1.82) is 5.26 Å². The van der Waals surface area contributed by atoms with Crippen LogP contribution in [0.4, 0.5) is 0 Å². The molecule has 2 atom stereocenters. The van der Waals surface area contributed by atoms with Crippen LogP contribution in [0.1, 0.15) is 27.7 Å². The maximum atomic E-state index is 12.4. The van der Waals surface area contributed by atoms with Gasteiger partial charge in [-0.1, -0.05) is 31.7 Å². The van der Waals surface area contributed by atoms with Gasteiger partial charge in [0.25, 0.3) is 0 Å². The Bertz CT molecular complexity index is 749. The number of carbonyl (C=O) groups is 1. The third-order valence-electron chi connectivity index (χ3n) is 3.83. The lowest BCUT2D eigenvalue weighted by Gasteiger charge is -2.28. The second-order valence-corrected chi connectivity index (χ2v) is 8.13. The number of nitrogens with zero attached hydrogens (tertiary/aromatic N) is 4. The first-order chi connectivity index (χ1) is 11.3. The largest absolute Gasteiger partial charge is 0.337 e. The van der Waals surface area contributed by atoms with Crippen molar-refractivity contribution < 1.29 is 4.79 Å². The maximum absolute atomic E-state index is 12.4. The van der Waals surface area contributed by atoms with Crippen molar-refractivity contribution in [3.8, 4) is 16.8 Å². The number of rotatable bonds is 6. The van der Waals surface area contributed by atoms with Gasteiger partial charge in [0.1, 0.15) is 5.54 Å². The molecule has 0 spiro atoms. The Hall–Kier alpha value is -2.05. The minimum Gasteiger partial charge on any atom is -0.337 e. The first-order valence-corrected chi connectivity index (χ1v) is 9.18. The molecule has 2 aromatic rings. The Morgan fingerprint density at radius 2 is 2.21 bits per heavy atom. The fourth-order valence-corrected chi connectivity index (χ4v) is 3.28. The van der Waals surface area contributed by atoms with Gasteiger partial charge < -0.3 is 11.2 Å². The molecule has 0 saturated carbocycles. The zero-order chi connectivity index (χ0) is 17.9. The second-order valence-electron chi connectivity index (χ2n) is 5.87. The van der Waals surface area contributed by atoms with Crippen LogP contribution in [0.15, 0.2) is 22.7 Å². The van der Waals surface area contributed by atoms with Crippen molar-refractivity contribution in [2.24, 2.45) is 5.92 Å². The molecular formula is C15H20N6OS2. The highest BCUT2D eigenvalue weighted by Gasteiger charge is 2.32. The molecule has 1 amide bonds. The summed E-state index contributed by atoms with van der Waals surface area (Å²) in [7, 11) is 0. The summed E-state index contributed by atoms with van der Waals surface area (Å²) in [5, 5.41) is 22.2. The number of thioether (sulfide) groups is 1.